The van der Waals surface area contributed by atoms with Gasteiger partial charge in [-0.25, -0.2) is 0 Å². The lowest BCUT2D eigenvalue weighted by molar-refractivity contribution is -0.118. The lowest BCUT2D eigenvalue weighted by atomic mass is 10.2. The average molecular weight is 234 g/mol. The summed E-state index contributed by atoms with van der Waals surface area (Å²) in [5.41, 5.74) is 1.00. The van der Waals surface area contributed by atoms with E-state index in [4.69, 9.17) is 0 Å². The Balaban J connectivity index is 2.69. The fourth-order valence-corrected chi connectivity index (χ4v) is 1.69. The van der Waals surface area contributed by atoms with Crippen LogP contribution in [0, 0.1) is 0 Å². The van der Waals surface area contributed by atoms with Crippen LogP contribution < -0.4 is 10.2 Å². The summed E-state index contributed by atoms with van der Waals surface area (Å²) in [6, 6.07) is 9.90. The molecule has 1 amide bonds. The minimum absolute atomic E-state index is 0.194. The van der Waals surface area contributed by atoms with Gasteiger partial charge in [0.2, 0.25) is 5.91 Å². The van der Waals surface area contributed by atoms with Crippen molar-refractivity contribution in [1.82, 2.24) is 5.32 Å². The largest absolute Gasteiger partial charge is 0.319 e. The van der Waals surface area contributed by atoms with E-state index in [1.54, 1.807) is 0 Å². The van der Waals surface area contributed by atoms with E-state index in [0.29, 0.717) is 6.42 Å². The Hall–Kier alpha value is -1.35. The van der Waals surface area contributed by atoms with Gasteiger partial charge in [0.05, 0.1) is 0 Å². The highest BCUT2D eigenvalue weighted by Crippen LogP contribution is 2.15. The van der Waals surface area contributed by atoms with Crippen molar-refractivity contribution in [3.8, 4) is 0 Å². The van der Waals surface area contributed by atoms with Crippen LogP contribution in [-0.4, -0.2) is 26.0 Å². The first-order valence-electron chi connectivity index (χ1n) is 6.29. The number of amides is 1. The molecule has 94 valence electrons. The fourth-order valence-electron chi connectivity index (χ4n) is 1.69. The Morgan fingerprint density at radius 3 is 2.59 bits per heavy atom. The zero-order chi connectivity index (χ0) is 12.5. The summed E-state index contributed by atoms with van der Waals surface area (Å²) in [5, 5.41) is 3.01. The predicted molar refractivity (Wildman–Crippen MR) is 72.2 cm³/mol. The van der Waals surface area contributed by atoms with Crippen LogP contribution in [0.1, 0.15) is 26.2 Å². The molecule has 0 heterocycles. The van der Waals surface area contributed by atoms with Gasteiger partial charge >= 0.3 is 0 Å². The van der Waals surface area contributed by atoms with Gasteiger partial charge in [-0.05, 0) is 25.6 Å². The fraction of sp³-hybridized carbons (Fsp3) is 0.500. The summed E-state index contributed by atoms with van der Waals surface area (Å²) in [6.45, 7) is 3.68. The molecule has 0 aliphatic rings. The maximum absolute atomic E-state index is 12.1. The first kappa shape index (κ1) is 13.7. The van der Waals surface area contributed by atoms with Crippen LogP contribution in [0.15, 0.2) is 30.3 Å². The van der Waals surface area contributed by atoms with Crippen molar-refractivity contribution in [2.24, 2.45) is 0 Å². The highest BCUT2D eigenvalue weighted by molar-refractivity contribution is 5.93. The predicted octanol–water partition coefficient (Wildman–Crippen LogP) is 2.43. The summed E-state index contributed by atoms with van der Waals surface area (Å²) in [4.78, 5) is 14.0. The number of benzene rings is 1. The highest BCUT2D eigenvalue weighted by Gasteiger charge is 2.13. The van der Waals surface area contributed by atoms with Crippen LogP contribution >= 0.6 is 0 Å². The van der Waals surface area contributed by atoms with Crippen molar-refractivity contribution in [2.75, 3.05) is 25.0 Å². The van der Waals surface area contributed by atoms with Crippen molar-refractivity contribution in [3.05, 3.63) is 30.3 Å². The summed E-state index contributed by atoms with van der Waals surface area (Å²) in [5.74, 6) is 0.194. The third-order valence-electron chi connectivity index (χ3n) is 2.69. The maximum atomic E-state index is 12.1. The number of unbranched alkanes of at least 4 members (excludes halogenated alkanes) is 1. The lowest BCUT2D eigenvalue weighted by Crippen LogP contribution is -2.33. The number of hydrogen-bond acceptors (Lipinski definition) is 2. The smallest absolute Gasteiger partial charge is 0.228 e. The van der Waals surface area contributed by atoms with Gasteiger partial charge in [0.15, 0.2) is 0 Å². The zero-order valence-electron chi connectivity index (χ0n) is 10.8. The SMILES string of the molecule is CCCCN(C(=O)CCNC)c1ccccc1. The van der Waals surface area contributed by atoms with E-state index in [-0.39, 0.29) is 5.91 Å². The molecule has 1 aromatic carbocycles. The maximum Gasteiger partial charge on any atom is 0.228 e. The Morgan fingerprint density at radius 1 is 1.29 bits per heavy atom. The average Bonchev–Trinajstić information content (AvgIpc) is 2.38. The summed E-state index contributed by atoms with van der Waals surface area (Å²) in [7, 11) is 1.87. The monoisotopic (exact) mass is 234 g/mol. The molecule has 0 bridgehead atoms. The van der Waals surface area contributed by atoms with Gasteiger partial charge < -0.3 is 10.2 Å². The number of carbonyl (C=O) groups is 1. The molecule has 17 heavy (non-hydrogen) atoms. The zero-order valence-corrected chi connectivity index (χ0v) is 10.8. The van der Waals surface area contributed by atoms with Gasteiger partial charge in [-0.3, -0.25) is 4.79 Å². The normalized spacial score (nSPS) is 10.2. The third kappa shape index (κ3) is 4.57. The Morgan fingerprint density at radius 2 is 2.00 bits per heavy atom. The minimum Gasteiger partial charge on any atom is -0.319 e. The first-order valence-corrected chi connectivity index (χ1v) is 6.29. The van der Waals surface area contributed by atoms with Gasteiger partial charge in [0.25, 0.3) is 0 Å². The Labute approximate surface area is 104 Å². The standard InChI is InChI=1S/C14H22N2O/c1-3-4-12-16(14(17)10-11-15-2)13-8-6-5-7-9-13/h5-9,15H,3-4,10-12H2,1-2H3. The molecule has 0 fully saturated rings. The molecule has 3 nitrogen and oxygen atoms in total. The van der Waals surface area contributed by atoms with Crippen LogP contribution in [0.5, 0.6) is 0 Å². The number of nitrogens with one attached hydrogen (secondary N) is 1. The van der Waals surface area contributed by atoms with E-state index < -0.39 is 0 Å². The number of carbonyl (C=O) groups excluding carboxylic acids is 1. The van der Waals surface area contributed by atoms with Gasteiger partial charge in [-0.2, -0.15) is 0 Å². The second-order valence-electron chi connectivity index (χ2n) is 4.09. The molecule has 1 N–H and O–H groups in total. The molecule has 0 saturated carbocycles. The van der Waals surface area contributed by atoms with Gasteiger partial charge in [-0.1, -0.05) is 31.5 Å². The molecule has 1 rings (SSSR count). The molecule has 1 aromatic rings. The Bertz CT molecular complexity index is 324. The topological polar surface area (TPSA) is 32.3 Å². The molecule has 0 saturated heterocycles. The molecule has 0 aromatic heterocycles. The van der Waals surface area contributed by atoms with Crippen LogP contribution in [0.25, 0.3) is 0 Å². The molecule has 0 radical (unpaired) electrons. The number of rotatable bonds is 7. The minimum atomic E-state index is 0.194. The summed E-state index contributed by atoms with van der Waals surface area (Å²) >= 11 is 0. The molecule has 3 heteroatoms. The van der Waals surface area contributed by atoms with Gasteiger partial charge in [-0.15, -0.1) is 0 Å². The van der Waals surface area contributed by atoms with Crippen molar-refractivity contribution >= 4 is 11.6 Å². The van der Waals surface area contributed by atoms with Crippen molar-refractivity contribution in [1.29, 1.82) is 0 Å². The van der Waals surface area contributed by atoms with E-state index >= 15 is 0 Å². The quantitative estimate of drug-likeness (QED) is 0.786. The van der Waals surface area contributed by atoms with E-state index in [2.05, 4.69) is 12.2 Å². The second-order valence-corrected chi connectivity index (χ2v) is 4.09. The molecule has 0 spiro atoms. The van der Waals surface area contributed by atoms with Crippen LogP contribution in [0.3, 0.4) is 0 Å². The van der Waals surface area contributed by atoms with E-state index in [1.165, 1.54) is 0 Å². The molecule has 0 aliphatic heterocycles. The number of nitrogens with zero attached hydrogens (tertiary/aromatic N) is 1. The molecule has 0 unspecified atom stereocenters. The van der Waals surface area contributed by atoms with Crippen LogP contribution in [-0.2, 0) is 4.79 Å². The number of para-hydroxylation sites is 1. The van der Waals surface area contributed by atoms with Gasteiger partial charge in [0, 0.05) is 25.2 Å². The van der Waals surface area contributed by atoms with Crippen molar-refractivity contribution < 1.29 is 4.79 Å². The molecule has 0 atom stereocenters. The third-order valence-corrected chi connectivity index (χ3v) is 2.69. The summed E-state index contributed by atoms with van der Waals surface area (Å²) in [6.07, 6.45) is 2.69. The van der Waals surface area contributed by atoms with E-state index in [1.807, 2.05) is 42.3 Å². The Kier molecular flexibility index (Phi) is 6.33. The van der Waals surface area contributed by atoms with Crippen LogP contribution in [0.2, 0.25) is 0 Å². The van der Waals surface area contributed by atoms with E-state index in [9.17, 15) is 4.79 Å². The van der Waals surface area contributed by atoms with Crippen molar-refractivity contribution in [3.63, 3.8) is 0 Å². The summed E-state index contributed by atoms with van der Waals surface area (Å²) < 4.78 is 0. The molecular formula is C14H22N2O. The highest BCUT2D eigenvalue weighted by atomic mass is 16.2. The molecular weight excluding hydrogens is 212 g/mol. The number of hydrogen-bond donors (Lipinski definition) is 1. The molecule has 0 aliphatic carbocycles. The van der Waals surface area contributed by atoms with Crippen molar-refractivity contribution in [2.45, 2.75) is 26.2 Å². The second kappa shape index (κ2) is 7.85. The van der Waals surface area contributed by atoms with Gasteiger partial charge in [0.1, 0.15) is 0 Å². The van der Waals surface area contributed by atoms with Crippen LogP contribution in [0.4, 0.5) is 5.69 Å². The number of anilines is 1. The lowest BCUT2D eigenvalue weighted by Gasteiger charge is -2.22. The van der Waals surface area contributed by atoms with E-state index in [0.717, 1.165) is 31.6 Å². The first-order chi connectivity index (χ1) is 8.29.